The first-order valence-electron chi connectivity index (χ1n) is 22.9. The summed E-state index contributed by atoms with van der Waals surface area (Å²) in [6, 6.07) is 13.8. The fourth-order valence-electron chi connectivity index (χ4n) is 9.48. The number of rotatable bonds is 6. The lowest BCUT2D eigenvalue weighted by molar-refractivity contribution is -0.118. The Labute approximate surface area is 420 Å². The van der Waals surface area contributed by atoms with Gasteiger partial charge in [0.1, 0.15) is 48.8 Å². The van der Waals surface area contributed by atoms with Crippen LogP contribution in [0.25, 0.3) is 45.2 Å². The Balaban J connectivity index is 0.886. The van der Waals surface area contributed by atoms with Crippen LogP contribution in [0.3, 0.4) is 0 Å². The van der Waals surface area contributed by atoms with Crippen LogP contribution in [-0.4, -0.2) is 98.8 Å². The second kappa shape index (κ2) is 17.3. The molecule has 1 N–H and O–H groups in total. The van der Waals surface area contributed by atoms with E-state index in [1.54, 1.807) is 54.6 Å². The van der Waals surface area contributed by atoms with E-state index in [0.717, 1.165) is 33.3 Å². The largest absolute Gasteiger partial charge is 0.491 e. The van der Waals surface area contributed by atoms with Crippen LogP contribution < -0.4 is 48.1 Å². The van der Waals surface area contributed by atoms with Crippen LogP contribution in [0.1, 0.15) is 23.8 Å². The highest BCUT2D eigenvalue weighted by atomic mass is 32.2. The summed E-state index contributed by atoms with van der Waals surface area (Å²) in [5.74, 6) is 4.54. The summed E-state index contributed by atoms with van der Waals surface area (Å²) in [6.45, 7) is 1.67. The molecule has 72 heavy (non-hydrogen) atoms. The Kier molecular flexibility index (Phi) is 10.4. The number of benzene rings is 1. The number of fused-ring (bicyclic) bond motifs is 7. The second-order valence-electron chi connectivity index (χ2n) is 17.1. The van der Waals surface area contributed by atoms with Crippen molar-refractivity contribution in [1.82, 2.24) is 29.9 Å². The van der Waals surface area contributed by atoms with Crippen molar-refractivity contribution in [2.75, 3.05) is 67.3 Å². The first-order valence-corrected chi connectivity index (χ1v) is 25.9. The molecule has 7 aliphatic rings. The lowest BCUT2D eigenvalue weighted by Gasteiger charge is -2.30. The van der Waals surface area contributed by atoms with Gasteiger partial charge in [0, 0.05) is 46.3 Å². The van der Waals surface area contributed by atoms with Gasteiger partial charge < -0.3 is 43.2 Å². The number of pyridine rings is 6. The van der Waals surface area contributed by atoms with Gasteiger partial charge in [0.15, 0.2) is 70.3 Å². The van der Waals surface area contributed by atoms with Crippen molar-refractivity contribution in [1.29, 1.82) is 0 Å². The Morgan fingerprint density at radius 3 is 2.46 bits per heavy atom. The minimum Gasteiger partial charge on any atom is -0.491 e. The molecule has 0 saturated carbocycles. The van der Waals surface area contributed by atoms with E-state index in [1.165, 1.54) is 34.5 Å². The van der Waals surface area contributed by atoms with Crippen molar-refractivity contribution < 1.29 is 51.9 Å². The molecule has 1 atom stereocenters. The number of thioether (sulfide) groups is 3. The number of ether oxygens (including phenoxy) is 8. The average molecular weight is 1020 g/mol. The normalized spacial score (nSPS) is 17.9. The van der Waals surface area contributed by atoms with Gasteiger partial charge in [-0.3, -0.25) is 24.5 Å². The van der Waals surface area contributed by atoms with Crippen molar-refractivity contribution in [2.24, 2.45) is 0 Å². The lowest BCUT2D eigenvalue weighted by Crippen LogP contribution is -2.33. The monoisotopic (exact) mass is 1020 g/mol. The molecule has 18 nitrogen and oxygen atoms in total. The minimum absolute atomic E-state index is 0.0566. The molecule has 1 aromatic carbocycles. The lowest BCUT2D eigenvalue weighted by atomic mass is 9.94. The number of halogens is 1. The number of nitrogens with zero attached hydrogens (tertiary/aromatic N) is 7. The SMILES string of the molecule is O=C1COc2ccc(N3C(=O)CSc4ccc(-c5c(C6COc7cc(F)c(-c8cnc(-c9cc%10c(cn9)OCCS%10)c9c8CCCO9)cc7O6)nc(-c6cc7c(cn6)OCCO7)c6c5SCO6)nc43)nc2N1. The molecule has 14 rings (SSSR count). The topological polar surface area (TPSA) is 201 Å². The second-order valence-corrected chi connectivity index (χ2v) is 20.2. The Morgan fingerprint density at radius 1 is 0.667 bits per heavy atom. The maximum absolute atomic E-state index is 16.5. The molecule has 2 amide bonds. The van der Waals surface area contributed by atoms with E-state index < -0.39 is 11.9 Å². The molecular weight excluding hydrogens is 988 g/mol. The summed E-state index contributed by atoms with van der Waals surface area (Å²) in [7, 11) is 0. The van der Waals surface area contributed by atoms with Gasteiger partial charge in [-0.25, -0.2) is 24.2 Å². The number of nitrogens with one attached hydrogen (secondary N) is 1. The van der Waals surface area contributed by atoms with E-state index in [2.05, 4.69) is 15.3 Å². The fourth-order valence-corrected chi connectivity index (χ4v) is 12.1. The van der Waals surface area contributed by atoms with E-state index in [0.29, 0.717) is 118 Å². The molecular formula is C50H35FN8O10S3. The van der Waals surface area contributed by atoms with E-state index >= 15 is 4.39 Å². The number of carbonyl (C=O) groups excluding carboxylic acids is 2. The number of hydrogen-bond acceptors (Lipinski definition) is 19. The molecule has 7 aromatic rings. The first-order chi connectivity index (χ1) is 35.4. The first kappa shape index (κ1) is 43.2. The molecule has 1 unspecified atom stereocenters. The van der Waals surface area contributed by atoms with Crippen molar-refractivity contribution in [3.63, 3.8) is 0 Å². The van der Waals surface area contributed by atoms with Gasteiger partial charge in [-0.2, -0.15) is 0 Å². The highest BCUT2D eigenvalue weighted by Gasteiger charge is 2.38. The van der Waals surface area contributed by atoms with E-state index in [-0.39, 0.29) is 65.4 Å². The third-order valence-corrected chi connectivity index (χ3v) is 15.7. The summed E-state index contributed by atoms with van der Waals surface area (Å²) in [5, 5.41) is 2.73. The van der Waals surface area contributed by atoms with Crippen LogP contribution in [0.15, 0.2) is 81.8 Å². The van der Waals surface area contributed by atoms with Crippen LogP contribution in [0.2, 0.25) is 0 Å². The Hall–Kier alpha value is -7.56. The average Bonchev–Trinajstić information content (AvgIpc) is 3.91. The van der Waals surface area contributed by atoms with Crippen LogP contribution >= 0.6 is 35.3 Å². The molecule has 0 fully saturated rings. The third kappa shape index (κ3) is 7.32. The van der Waals surface area contributed by atoms with Crippen molar-refractivity contribution >= 4 is 64.6 Å². The molecule has 7 aliphatic heterocycles. The van der Waals surface area contributed by atoms with Crippen LogP contribution in [0, 0.1) is 5.82 Å². The van der Waals surface area contributed by atoms with E-state index in [1.807, 2.05) is 18.2 Å². The predicted octanol–water partition coefficient (Wildman–Crippen LogP) is 8.50. The molecule has 0 saturated heterocycles. The zero-order valence-electron chi connectivity index (χ0n) is 37.5. The van der Waals surface area contributed by atoms with Crippen LogP contribution in [0.5, 0.6) is 46.0 Å². The van der Waals surface area contributed by atoms with Crippen molar-refractivity contribution in [3.05, 3.63) is 84.2 Å². The van der Waals surface area contributed by atoms with Gasteiger partial charge in [-0.05, 0) is 49.2 Å². The fraction of sp³-hybridized carbons (Fsp3) is 0.240. The summed E-state index contributed by atoms with van der Waals surface area (Å²) in [5.41, 5.74) is 5.18. The summed E-state index contributed by atoms with van der Waals surface area (Å²) in [4.78, 5) is 59.4. The van der Waals surface area contributed by atoms with Gasteiger partial charge in [0.05, 0.1) is 68.8 Å². The highest BCUT2D eigenvalue weighted by Crippen LogP contribution is 2.53. The Bertz CT molecular complexity index is 3500. The molecule has 0 aliphatic carbocycles. The molecule has 22 heteroatoms. The number of aromatic nitrogens is 6. The van der Waals surface area contributed by atoms with Gasteiger partial charge >= 0.3 is 0 Å². The molecule has 360 valence electrons. The summed E-state index contributed by atoms with van der Waals surface area (Å²) in [6.07, 6.45) is 5.45. The maximum Gasteiger partial charge on any atom is 0.263 e. The third-order valence-electron chi connectivity index (χ3n) is 12.7. The summed E-state index contributed by atoms with van der Waals surface area (Å²) < 4.78 is 65.6. The number of hydrogen-bond donors (Lipinski definition) is 1. The quantitative estimate of drug-likeness (QED) is 0.166. The van der Waals surface area contributed by atoms with Gasteiger partial charge in [-0.15, -0.1) is 23.5 Å². The van der Waals surface area contributed by atoms with Crippen LogP contribution in [-0.2, 0) is 16.0 Å². The predicted molar refractivity (Wildman–Crippen MR) is 261 cm³/mol. The molecule has 6 aromatic heterocycles. The van der Waals surface area contributed by atoms with Gasteiger partial charge in [-0.1, -0.05) is 11.8 Å². The summed E-state index contributed by atoms with van der Waals surface area (Å²) >= 11 is 4.50. The molecule has 0 spiro atoms. The van der Waals surface area contributed by atoms with Gasteiger partial charge in [0.25, 0.3) is 5.91 Å². The number of carbonyl (C=O) groups is 2. The van der Waals surface area contributed by atoms with Crippen molar-refractivity contribution in [3.8, 4) is 91.2 Å². The van der Waals surface area contributed by atoms with Gasteiger partial charge in [0.2, 0.25) is 5.91 Å². The van der Waals surface area contributed by atoms with Crippen molar-refractivity contribution in [2.45, 2.75) is 33.6 Å². The molecule has 0 bridgehead atoms. The highest BCUT2D eigenvalue weighted by molar-refractivity contribution is 8.00. The molecule has 0 radical (unpaired) electrons. The minimum atomic E-state index is -0.890. The smallest absolute Gasteiger partial charge is 0.263 e. The van der Waals surface area contributed by atoms with E-state index in [9.17, 15) is 9.59 Å². The maximum atomic E-state index is 16.5. The number of anilines is 3. The zero-order chi connectivity index (χ0) is 48.0. The standard InChI is InChI=1S/C50H35FN8O10S3/c51-26-13-31-33(12-24(26)25-16-54-43(46-23(25)2-1-7-65-46)29-15-38-35(18-53-29)64-10-11-70-38)69-36(19-66-31)45-42(48-47(68-22-72-48)44(58-45)28-14-32-34(17-52-28)63-9-8-62-32)27-3-5-37-50(55-27)59(41(61)21-71-37)39-6-4-30-49(56-39)57-40(60)20-67-30/h3-6,12-18,36H,1-2,7-11,19-22H2,(H,56,57,60). The number of amides is 2. The zero-order valence-corrected chi connectivity index (χ0v) is 40.0. The Morgan fingerprint density at radius 2 is 1.53 bits per heavy atom. The molecule has 13 heterocycles. The van der Waals surface area contributed by atoms with E-state index in [4.69, 9.17) is 57.8 Å². The van der Waals surface area contributed by atoms with Crippen LogP contribution in [0.4, 0.5) is 21.8 Å².